The van der Waals surface area contributed by atoms with Gasteiger partial charge in [0, 0.05) is 12.8 Å². The first-order chi connectivity index (χ1) is 19.6. The van der Waals surface area contributed by atoms with E-state index in [0.29, 0.717) is 37.9 Å². The summed E-state index contributed by atoms with van der Waals surface area (Å²) in [5, 5.41) is 0. The largest absolute Gasteiger partial charge is 0.465 e. The first kappa shape index (κ1) is 38.9. The monoisotopic (exact) mass is 567 g/mol. The lowest BCUT2D eigenvalue weighted by Crippen LogP contribution is -2.13. The molecular weight excluding hydrogens is 496 g/mol. The van der Waals surface area contributed by atoms with Gasteiger partial charge in [0.25, 0.3) is 0 Å². The third-order valence-electron chi connectivity index (χ3n) is 8.56. The molecule has 238 valence electrons. The molecule has 0 saturated heterocycles. The first-order valence-electron chi connectivity index (χ1n) is 17.9. The first-order valence-corrected chi connectivity index (χ1v) is 17.9. The molecule has 4 heteroatoms. The molecule has 2 unspecified atom stereocenters. The molecule has 0 aliphatic rings. The summed E-state index contributed by atoms with van der Waals surface area (Å²) >= 11 is 0. The maximum absolute atomic E-state index is 12.0. The van der Waals surface area contributed by atoms with Crippen molar-refractivity contribution in [1.29, 1.82) is 0 Å². The zero-order valence-electron chi connectivity index (χ0n) is 27.6. The summed E-state index contributed by atoms with van der Waals surface area (Å²) in [7, 11) is 0. The van der Waals surface area contributed by atoms with Gasteiger partial charge in [0.2, 0.25) is 0 Å². The lowest BCUT2D eigenvalue weighted by Gasteiger charge is -2.14. The highest BCUT2D eigenvalue weighted by molar-refractivity contribution is 5.69. The van der Waals surface area contributed by atoms with E-state index in [0.717, 1.165) is 38.5 Å². The number of esters is 2. The molecule has 0 spiro atoms. The van der Waals surface area contributed by atoms with Crippen LogP contribution in [0.2, 0.25) is 0 Å². The highest BCUT2D eigenvalue weighted by Gasteiger charge is 2.11. The van der Waals surface area contributed by atoms with Gasteiger partial charge >= 0.3 is 11.9 Å². The highest BCUT2D eigenvalue weighted by atomic mass is 16.5. The van der Waals surface area contributed by atoms with E-state index < -0.39 is 0 Å². The normalized spacial score (nSPS) is 12.8. The average molecular weight is 567 g/mol. The van der Waals surface area contributed by atoms with Crippen LogP contribution >= 0.6 is 0 Å². The number of ether oxygens (including phenoxy) is 2. The van der Waals surface area contributed by atoms with Gasteiger partial charge in [-0.2, -0.15) is 0 Å². The van der Waals surface area contributed by atoms with Crippen molar-refractivity contribution in [1.82, 2.24) is 0 Å². The molecule has 2 atom stereocenters. The van der Waals surface area contributed by atoms with Crippen molar-refractivity contribution in [3.05, 3.63) is 0 Å². The van der Waals surface area contributed by atoms with E-state index in [2.05, 4.69) is 27.7 Å². The van der Waals surface area contributed by atoms with Crippen molar-refractivity contribution >= 4 is 11.9 Å². The second-order valence-corrected chi connectivity index (χ2v) is 12.4. The Balaban J connectivity index is 3.34. The topological polar surface area (TPSA) is 52.6 Å². The molecule has 4 nitrogen and oxygen atoms in total. The fourth-order valence-corrected chi connectivity index (χ4v) is 5.38. The molecule has 0 aliphatic carbocycles. The molecule has 0 heterocycles. The van der Waals surface area contributed by atoms with Crippen molar-refractivity contribution in [2.24, 2.45) is 11.8 Å². The molecule has 0 aromatic rings. The van der Waals surface area contributed by atoms with Gasteiger partial charge in [0.05, 0.1) is 13.2 Å². The average Bonchev–Trinajstić information content (AvgIpc) is 2.96. The Morgan fingerprint density at radius 3 is 0.950 bits per heavy atom. The van der Waals surface area contributed by atoms with Gasteiger partial charge in [0.15, 0.2) is 0 Å². The van der Waals surface area contributed by atoms with Gasteiger partial charge in [-0.15, -0.1) is 0 Å². The Morgan fingerprint density at radius 1 is 0.425 bits per heavy atom. The van der Waals surface area contributed by atoms with Crippen molar-refractivity contribution in [3.8, 4) is 0 Å². The number of hydrogen-bond acceptors (Lipinski definition) is 4. The van der Waals surface area contributed by atoms with E-state index in [4.69, 9.17) is 9.47 Å². The van der Waals surface area contributed by atoms with Crippen LogP contribution in [0.1, 0.15) is 195 Å². The quantitative estimate of drug-likeness (QED) is 0.0618. The van der Waals surface area contributed by atoms with Crippen LogP contribution in [0, 0.1) is 11.8 Å². The van der Waals surface area contributed by atoms with Crippen LogP contribution in [0.5, 0.6) is 0 Å². The predicted molar refractivity (Wildman–Crippen MR) is 172 cm³/mol. The zero-order valence-corrected chi connectivity index (χ0v) is 27.6. The molecule has 0 amide bonds. The zero-order chi connectivity index (χ0) is 29.5. The Morgan fingerprint density at radius 2 is 0.700 bits per heavy atom. The minimum absolute atomic E-state index is 0.00502. The minimum Gasteiger partial charge on any atom is -0.465 e. The Labute approximate surface area is 250 Å². The van der Waals surface area contributed by atoms with Crippen LogP contribution in [0.15, 0.2) is 0 Å². The number of rotatable bonds is 31. The van der Waals surface area contributed by atoms with Crippen molar-refractivity contribution in [2.75, 3.05) is 13.2 Å². The van der Waals surface area contributed by atoms with E-state index in [1.165, 1.54) is 116 Å². The van der Waals surface area contributed by atoms with Crippen LogP contribution in [0.4, 0.5) is 0 Å². The summed E-state index contributed by atoms with van der Waals surface area (Å²) in [6.07, 6.45) is 30.9. The van der Waals surface area contributed by atoms with E-state index in [-0.39, 0.29) is 11.9 Å². The molecule has 0 aromatic carbocycles. The Bertz CT molecular complexity index is 499. The smallest absolute Gasteiger partial charge is 0.305 e. The number of hydrogen-bond donors (Lipinski definition) is 0. The third-order valence-corrected chi connectivity index (χ3v) is 8.56. The van der Waals surface area contributed by atoms with E-state index in [1.54, 1.807) is 0 Å². The van der Waals surface area contributed by atoms with Gasteiger partial charge in [-0.1, -0.05) is 156 Å². The molecule has 40 heavy (non-hydrogen) atoms. The number of unbranched alkanes of at least 4 members (excludes halogenated alkanes) is 17. The Kier molecular flexibility index (Phi) is 30.1. The van der Waals surface area contributed by atoms with Crippen molar-refractivity contribution in [3.63, 3.8) is 0 Å². The molecular formula is C36H70O4. The summed E-state index contributed by atoms with van der Waals surface area (Å²) < 4.78 is 11.0. The molecule has 0 aliphatic heterocycles. The standard InChI is InChI=1S/C36H70O4/c1-5-9-27-33(7-3)31-39-35(37)29-25-23-21-19-17-15-13-11-12-14-16-18-20-22-24-26-30-36(38)40-32-34(8-4)28-10-6-2/h33-34H,5-32H2,1-4H3. The van der Waals surface area contributed by atoms with Gasteiger partial charge in [-0.25, -0.2) is 0 Å². The van der Waals surface area contributed by atoms with Crippen LogP contribution in [-0.2, 0) is 19.1 Å². The molecule has 0 N–H and O–H groups in total. The summed E-state index contributed by atoms with van der Waals surface area (Å²) in [6.45, 7) is 10.1. The Hall–Kier alpha value is -1.06. The molecule has 0 fully saturated rings. The van der Waals surface area contributed by atoms with Crippen LogP contribution in [0.25, 0.3) is 0 Å². The summed E-state index contributed by atoms with van der Waals surface area (Å²) in [6, 6.07) is 0. The van der Waals surface area contributed by atoms with Gasteiger partial charge < -0.3 is 9.47 Å². The number of carbonyl (C=O) groups is 2. The molecule has 0 bridgehead atoms. The minimum atomic E-state index is 0.00502. The van der Waals surface area contributed by atoms with Crippen molar-refractivity contribution < 1.29 is 19.1 Å². The van der Waals surface area contributed by atoms with E-state index in [9.17, 15) is 9.59 Å². The molecule has 0 radical (unpaired) electrons. The fourth-order valence-electron chi connectivity index (χ4n) is 5.38. The number of carbonyl (C=O) groups excluding carboxylic acids is 2. The molecule has 0 rings (SSSR count). The van der Waals surface area contributed by atoms with Crippen LogP contribution in [-0.4, -0.2) is 25.2 Å². The fraction of sp³-hybridized carbons (Fsp3) is 0.944. The van der Waals surface area contributed by atoms with Crippen LogP contribution < -0.4 is 0 Å². The lowest BCUT2D eigenvalue weighted by molar-refractivity contribution is -0.146. The summed E-state index contributed by atoms with van der Waals surface area (Å²) in [5.74, 6) is 1.10. The maximum atomic E-state index is 12.0. The SMILES string of the molecule is CCCCC(CC)COC(=O)CCCCCCCCCCCCCCCCCCC(=O)OCC(CC)CCCC. The van der Waals surface area contributed by atoms with Gasteiger partial charge in [-0.05, 0) is 37.5 Å². The highest BCUT2D eigenvalue weighted by Crippen LogP contribution is 2.17. The summed E-state index contributed by atoms with van der Waals surface area (Å²) in [5.41, 5.74) is 0. The van der Waals surface area contributed by atoms with Crippen LogP contribution in [0.3, 0.4) is 0 Å². The molecule has 0 saturated carbocycles. The molecule has 0 aromatic heterocycles. The van der Waals surface area contributed by atoms with E-state index in [1.807, 2.05) is 0 Å². The van der Waals surface area contributed by atoms with Gasteiger partial charge in [-0.3, -0.25) is 9.59 Å². The maximum Gasteiger partial charge on any atom is 0.305 e. The predicted octanol–water partition coefficient (Wildman–Crippen LogP) is 11.5. The third kappa shape index (κ3) is 27.1. The van der Waals surface area contributed by atoms with Crippen molar-refractivity contribution in [2.45, 2.75) is 195 Å². The van der Waals surface area contributed by atoms with Gasteiger partial charge in [0.1, 0.15) is 0 Å². The second kappa shape index (κ2) is 30.9. The summed E-state index contributed by atoms with van der Waals surface area (Å²) in [4.78, 5) is 23.9. The second-order valence-electron chi connectivity index (χ2n) is 12.4. The van der Waals surface area contributed by atoms with E-state index >= 15 is 0 Å². The lowest BCUT2D eigenvalue weighted by atomic mass is 10.0.